The van der Waals surface area contributed by atoms with E-state index in [-0.39, 0.29) is 11.1 Å². The molecular weight excluding hydrogens is 396 g/mol. The smallest absolute Gasteiger partial charge is 0.324 e. The van der Waals surface area contributed by atoms with Gasteiger partial charge in [-0.25, -0.2) is 4.79 Å². The van der Waals surface area contributed by atoms with Crippen LogP contribution in [-0.2, 0) is 12.0 Å². The topological polar surface area (TPSA) is 87.5 Å². The number of hydrogen-bond acceptors (Lipinski definition) is 4. The first-order valence-electron chi connectivity index (χ1n) is 8.97. The van der Waals surface area contributed by atoms with Crippen molar-refractivity contribution in [1.82, 2.24) is 4.90 Å². The van der Waals surface area contributed by atoms with E-state index in [9.17, 15) is 9.59 Å². The number of likely N-dealkylation sites (N-methyl/N-ethyl adjacent to an activating group) is 1. The molecule has 1 aromatic carbocycles. The molecule has 0 unspecified atom stereocenters. The predicted octanol–water partition coefficient (Wildman–Crippen LogP) is 4.65. The van der Waals surface area contributed by atoms with Crippen molar-refractivity contribution >= 4 is 45.6 Å². The lowest BCUT2D eigenvalue weighted by atomic mass is 9.79. The van der Waals surface area contributed by atoms with E-state index in [1.165, 1.54) is 11.3 Å². The highest BCUT2D eigenvalue weighted by atomic mass is 35.5. The van der Waals surface area contributed by atoms with Gasteiger partial charge in [0, 0.05) is 21.1 Å². The van der Waals surface area contributed by atoms with Crippen LogP contribution in [0.2, 0.25) is 5.02 Å². The summed E-state index contributed by atoms with van der Waals surface area (Å²) in [5.74, 6) is -0.532. The number of hydrogen-bond donors (Lipinski definition) is 3. The molecule has 0 radical (unpaired) electrons. The molecule has 28 heavy (non-hydrogen) atoms. The molecular formula is C20H25ClN4O2S. The van der Waals surface area contributed by atoms with E-state index in [0.29, 0.717) is 27.7 Å². The zero-order valence-corrected chi connectivity index (χ0v) is 18.2. The van der Waals surface area contributed by atoms with Gasteiger partial charge in [-0.2, -0.15) is 0 Å². The number of anilines is 2. The zero-order chi connectivity index (χ0) is 20.9. The molecule has 0 fully saturated rings. The Morgan fingerprint density at radius 2 is 1.75 bits per heavy atom. The van der Waals surface area contributed by atoms with Crippen LogP contribution in [-0.4, -0.2) is 29.4 Å². The summed E-state index contributed by atoms with van der Waals surface area (Å²) in [4.78, 5) is 28.1. The monoisotopic (exact) mass is 420 g/mol. The Morgan fingerprint density at radius 3 is 2.32 bits per heavy atom. The van der Waals surface area contributed by atoms with Gasteiger partial charge >= 0.3 is 6.03 Å². The zero-order valence-electron chi connectivity index (χ0n) is 16.6. The van der Waals surface area contributed by atoms with E-state index in [1.807, 2.05) is 0 Å². The highest BCUT2D eigenvalue weighted by Crippen LogP contribution is 2.49. The second-order valence-corrected chi connectivity index (χ2v) is 9.63. The Balaban J connectivity index is 1.95. The molecule has 1 aromatic heterocycles. The van der Waals surface area contributed by atoms with Crippen LogP contribution in [0.15, 0.2) is 24.3 Å². The van der Waals surface area contributed by atoms with Gasteiger partial charge in [0.05, 0.1) is 11.1 Å². The molecule has 4 N–H and O–H groups in total. The average molecular weight is 421 g/mol. The molecule has 8 heteroatoms. The third-order valence-corrected chi connectivity index (χ3v) is 7.21. The SMILES string of the molecule is CN1C(C)(C)Cc2c(sc(NC(=O)Nc3ccc(Cl)cc3)c2C(N)=O)C1(C)C. The number of rotatable bonds is 3. The van der Waals surface area contributed by atoms with Crippen LogP contribution in [0, 0.1) is 0 Å². The van der Waals surface area contributed by atoms with Crippen molar-refractivity contribution in [3.05, 3.63) is 45.3 Å². The van der Waals surface area contributed by atoms with Crippen LogP contribution in [0.1, 0.15) is 48.5 Å². The summed E-state index contributed by atoms with van der Waals surface area (Å²) in [6, 6.07) is 6.36. The standard InChI is InChI=1S/C20H25ClN4O2S/c1-19(2)10-13-14(16(22)26)17(28-15(13)20(3,4)25(19)5)24-18(27)23-12-8-6-11(21)7-9-12/h6-9H,10H2,1-5H3,(H2,22,26)(H2,23,24,27). The fourth-order valence-electron chi connectivity index (χ4n) is 3.74. The minimum absolute atomic E-state index is 0.148. The highest BCUT2D eigenvalue weighted by molar-refractivity contribution is 7.17. The quantitative estimate of drug-likeness (QED) is 0.675. The number of nitrogens with one attached hydrogen (secondary N) is 2. The second kappa shape index (κ2) is 7.06. The molecule has 0 spiro atoms. The molecule has 0 bridgehead atoms. The Kier molecular flexibility index (Phi) is 5.20. The summed E-state index contributed by atoms with van der Waals surface area (Å²) in [6.07, 6.45) is 0.678. The lowest BCUT2D eigenvalue weighted by Crippen LogP contribution is -2.55. The number of nitrogens with two attached hydrogens (primary N) is 1. The second-order valence-electron chi connectivity index (χ2n) is 8.17. The molecule has 0 atom stereocenters. The molecule has 6 nitrogen and oxygen atoms in total. The fraction of sp³-hybridized carbons (Fsp3) is 0.400. The number of benzene rings is 1. The summed E-state index contributed by atoms with van der Waals surface area (Å²) in [7, 11) is 2.08. The van der Waals surface area contributed by atoms with Gasteiger partial charge in [-0.15, -0.1) is 11.3 Å². The first kappa shape index (κ1) is 20.6. The highest BCUT2D eigenvalue weighted by Gasteiger charge is 2.45. The van der Waals surface area contributed by atoms with Crippen molar-refractivity contribution in [2.24, 2.45) is 5.73 Å². The van der Waals surface area contributed by atoms with E-state index < -0.39 is 11.9 Å². The Labute approximate surface area is 174 Å². The third-order valence-electron chi connectivity index (χ3n) is 5.49. The van der Waals surface area contributed by atoms with Crippen molar-refractivity contribution in [2.75, 3.05) is 17.7 Å². The van der Waals surface area contributed by atoms with E-state index in [2.05, 4.69) is 50.3 Å². The summed E-state index contributed by atoms with van der Waals surface area (Å²) >= 11 is 7.28. The van der Waals surface area contributed by atoms with Crippen molar-refractivity contribution in [1.29, 1.82) is 0 Å². The minimum atomic E-state index is -0.532. The van der Waals surface area contributed by atoms with Crippen molar-refractivity contribution in [2.45, 2.75) is 45.2 Å². The van der Waals surface area contributed by atoms with E-state index in [4.69, 9.17) is 17.3 Å². The summed E-state index contributed by atoms with van der Waals surface area (Å²) in [5, 5.41) is 6.61. The largest absolute Gasteiger partial charge is 0.365 e. The van der Waals surface area contributed by atoms with Gasteiger partial charge in [0.2, 0.25) is 0 Å². The van der Waals surface area contributed by atoms with Gasteiger partial charge in [0.25, 0.3) is 5.91 Å². The summed E-state index contributed by atoms with van der Waals surface area (Å²) in [6.45, 7) is 8.51. The van der Waals surface area contributed by atoms with Gasteiger partial charge in [0.1, 0.15) is 5.00 Å². The molecule has 1 aliphatic rings. The van der Waals surface area contributed by atoms with Crippen molar-refractivity contribution in [3.63, 3.8) is 0 Å². The first-order chi connectivity index (χ1) is 12.9. The molecule has 0 saturated heterocycles. The molecule has 0 saturated carbocycles. The number of urea groups is 1. The molecule has 2 heterocycles. The molecule has 0 aliphatic carbocycles. The normalized spacial score (nSPS) is 17.6. The Bertz CT molecular complexity index is 934. The number of fused-ring (bicyclic) bond motifs is 1. The van der Waals surface area contributed by atoms with Crippen LogP contribution >= 0.6 is 22.9 Å². The van der Waals surface area contributed by atoms with Gasteiger partial charge in [-0.05, 0) is 71.0 Å². The Hall–Kier alpha value is -2.09. The van der Waals surface area contributed by atoms with Crippen LogP contribution in [0.5, 0.6) is 0 Å². The number of primary amides is 1. The molecule has 3 amide bonds. The maximum atomic E-state index is 12.5. The average Bonchev–Trinajstić information content (AvgIpc) is 2.93. The van der Waals surface area contributed by atoms with Gasteiger partial charge in [0.15, 0.2) is 0 Å². The lowest BCUT2D eigenvalue weighted by Gasteiger charge is -2.50. The fourth-order valence-corrected chi connectivity index (χ4v) is 5.22. The number of amides is 3. The number of carbonyl (C=O) groups excluding carboxylic acids is 2. The van der Waals surface area contributed by atoms with E-state index >= 15 is 0 Å². The van der Waals surface area contributed by atoms with Gasteiger partial charge in [-0.1, -0.05) is 11.6 Å². The lowest BCUT2D eigenvalue weighted by molar-refractivity contribution is 0.0304. The summed E-state index contributed by atoms with van der Waals surface area (Å²) < 4.78 is 0. The number of halogens is 1. The molecule has 150 valence electrons. The molecule has 2 aromatic rings. The minimum Gasteiger partial charge on any atom is -0.365 e. The van der Waals surface area contributed by atoms with Crippen LogP contribution in [0.4, 0.5) is 15.5 Å². The number of nitrogens with zero attached hydrogens (tertiary/aromatic N) is 1. The van der Waals surface area contributed by atoms with Crippen molar-refractivity contribution < 1.29 is 9.59 Å². The van der Waals surface area contributed by atoms with Crippen LogP contribution < -0.4 is 16.4 Å². The molecule has 1 aliphatic heterocycles. The maximum absolute atomic E-state index is 12.5. The number of carbonyl (C=O) groups is 2. The molecule has 3 rings (SSSR count). The summed E-state index contributed by atoms with van der Waals surface area (Å²) in [5.41, 5.74) is 7.19. The number of thiophene rings is 1. The first-order valence-corrected chi connectivity index (χ1v) is 10.2. The van der Waals surface area contributed by atoms with Gasteiger partial charge < -0.3 is 11.1 Å². The predicted molar refractivity (Wildman–Crippen MR) is 116 cm³/mol. The maximum Gasteiger partial charge on any atom is 0.324 e. The van der Waals surface area contributed by atoms with Crippen LogP contribution in [0.25, 0.3) is 0 Å². The van der Waals surface area contributed by atoms with E-state index in [0.717, 1.165) is 10.4 Å². The van der Waals surface area contributed by atoms with E-state index in [1.54, 1.807) is 24.3 Å². The van der Waals surface area contributed by atoms with Gasteiger partial charge in [-0.3, -0.25) is 15.0 Å². The van der Waals surface area contributed by atoms with Crippen molar-refractivity contribution in [3.8, 4) is 0 Å². The Morgan fingerprint density at radius 1 is 1.14 bits per heavy atom. The van der Waals surface area contributed by atoms with Crippen LogP contribution in [0.3, 0.4) is 0 Å². The third kappa shape index (κ3) is 3.62.